The molecule has 3 aromatic rings. The summed E-state index contributed by atoms with van der Waals surface area (Å²) in [5.41, 5.74) is 5.71. The van der Waals surface area contributed by atoms with E-state index in [2.05, 4.69) is 60.8 Å². The Morgan fingerprint density at radius 2 is 1.67 bits per heavy atom. The van der Waals surface area contributed by atoms with Gasteiger partial charge in [0.15, 0.2) is 0 Å². The molecule has 1 saturated carbocycles. The highest BCUT2D eigenvalue weighted by Crippen LogP contribution is 2.22. The standard InChI is InChI=1S/C23H28N4/c1-18-10-8-9-13-20(18)17-27-25-22(16-24-21-14-6-3-7-15-21)23(26-27)19-11-4-2-5-12-19/h2,4-5,8-13,21,24H,3,6-7,14-17H2,1H3. The number of benzene rings is 2. The van der Waals surface area contributed by atoms with Crippen LogP contribution in [0.25, 0.3) is 11.3 Å². The van der Waals surface area contributed by atoms with E-state index in [0.29, 0.717) is 12.6 Å². The van der Waals surface area contributed by atoms with Crippen LogP contribution in [0.4, 0.5) is 0 Å². The molecule has 4 heteroatoms. The lowest BCUT2D eigenvalue weighted by Crippen LogP contribution is -2.30. The Morgan fingerprint density at radius 3 is 2.44 bits per heavy atom. The van der Waals surface area contributed by atoms with Crippen molar-refractivity contribution in [1.29, 1.82) is 0 Å². The van der Waals surface area contributed by atoms with E-state index in [1.165, 1.54) is 43.2 Å². The van der Waals surface area contributed by atoms with Gasteiger partial charge < -0.3 is 5.32 Å². The number of rotatable bonds is 6. The Bertz CT molecular complexity index is 863. The third-order valence-corrected chi connectivity index (χ3v) is 5.51. The van der Waals surface area contributed by atoms with Crippen LogP contribution in [-0.2, 0) is 13.1 Å². The minimum Gasteiger partial charge on any atom is -0.308 e. The molecule has 27 heavy (non-hydrogen) atoms. The van der Waals surface area contributed by atoms with Crippen molar-refractivity contribution < 1.29 is 0 Å². The van der Waals surface area contributed by atoms with Crippen LogP contribution in [0.1, 0.15) is 48.9 Å². The molecule has 0 radical (unpaired) electrons. The summed E-state index contributed by atoms with van der Waals surface area (Å²) < 4.78 is 0. The highest BCUT2D eigenvalue weighted by molar-refractivity contribution is 5.60. The molecule has 0 amide bonds. The maximum absolute atomic E-state index is 4.85. The summed E-state index contributed by atoms with van der Waals surface area (Å²) in [6.07, 6.45) is 6.60. The van der Waals surface area contributed by atoms with Crippen LogP contribution in [0.2, 0.25) is 0 Å². The van der Waals surface area contributed by atoms with Gasteiger partial charge in [0.25, 0.3) is 0 Å². The second kappa shape index (κ2) is 8.49. The van der Waals surface area contributed by atoms with E-state index in [0.717, 1.165) is 23.5 Å². The van der Waals surface area contributed by atoms with Gasteiger partial charge in [-0.05, 0) is 30.9 Å². The van der Waals surface area contributed by atoms with Crippen molar-refractivity contribution >= 4 is 0 Å². The van der Waals surface area contributed by atoms with Crippen LogP contribution in [0.5, 0.6) is 0 Å². The highest BCUT2D eigenvalue weighted by atomic mass is 15.5. The van der Waals surface area contributed by atoms with E-state index in [9.17, 15) is 0 Å². The molecular formula is C23H28N4. The van der Waals surface area contributed by atoms with Gasteiger partial charge in [-0.1, -0.05) is 73.9 Å². The molecule has 4 rings (SSSR count). The van der Waals surface area contributed by atoms with Crippen LogP contribution in [0, 0.1) is 6.92 Å². The summed E-state index contributed by atoms with van der Waals surface area (Å²) in [7, 11) is 0. The van der Waals surface area contributed by atoms with Gasteiger partial charge in [-0.3, -0.25) is 0 Å². The van der Waals surface area contributed by atoms with Crippen molar-refractivity contribution in [3.05, 3.63) is 71.4 Å². The van der Waals surface area contributed by atoms with Crippen LogP contribution in [0.3, 0.4) is 0 Å². The van der Waals surface area contributed by atoms with Crippen molar-refractivity contribution in [2.75, 3.05) is 0 Å². The van der Waals surface area contributed by atoms with Gasteiger partial charge in [0.2, 0.25) is 0 Å². The lowest BCUT2D eigenvalue weighted by molar-refractivity contribution is 0.370. The lowest BCUT2D eigenvalue weighted by Gasteiger charge is -2.22. The zero-order valence-electron chi connectivity index (χ0n) is 16.1. The Balaban J connectivity index is 1.57. The number of nitrogens with zero attached hydrogens (tertiary/aromatic N) is 3. The molecule has 1 fully saturated rings. The maximum atomic E-state index is 4.85. The van der Waals surface area contributed by atoms with E-state index < -0.39 is 0 Å². The summed E-state index contributed by atoms with van der Waals surface area (Å²) in [4.78, 5) is 1.85. The van der Waals surface area contributed by atoms with Crippen LogP contribution in [0.15, 0.2) is 54.6 Å². The van der Waals surface area contributed by atoms with Crippen molar-refractivity contribution in [3.8, 4) is 11.3 Å². The average molecular weight is 361 g/mol. The average Bonchev–Trinajstić information content (AvgIpc) is 3.12. The first-order valence-corrected chi connectivity index (χ1v) is 10.1. The molecule has 1 aromatic heterocycles. The van der Waals surface area contributed by atoms with E-state index in [1.807, 2.05) is 10.9 Å². The quantitative estimate of drug-likeness (QED) is 0.691. The summed E-state index contributed by atoms with van der Waals surface area (Å²) >= 11 is 0. The number of nitrogens with one attached hydrogen (secondary N) is 1. The SMILES string of the molecule is Cc1ccccc1Cn1nc(CNC2CCCCC2)c(-c2ccccc2)n1. The molecule has 1 N–H and O–H groups in total. The molecule has 2 aromatic carbocycles. The fourth-order valence-corrected chi connectivity index (χ4v) is 3.88. The first-order chi connectivity index (χ1) is 13.3. The number of aryl methyl sites for hydroxylation is 1. The predicted molar refractivity (Wildman–Crippen MR) is 109 cm³/mol. The minimum atomic E-state index is 0.615. The van der Waals surface area contributed by atoms with Gasteiger partial charge in [-0.15, -0.1) is 0 Å². The molecule has 0 saturated heterocycles. The number of hydrogen-bond acceptors (Lipinski definition) is 3. The monoisotopic (exact) mass is 360 g/mol. The van der Waals surface area contributed by atoms with Gasteiger partial charge in [0.1, 0.15) is 11.4 Å². The Labute approximate surface area is 161 Å². The normalized spacial score (nSPS) is 15.1. The van der Waals surface area contributed by atoms with Crippen molar-refractivity contribution in [2.45, 2.75) is 58.2 Å². The van der Waals surface area contributed by atoms with E-state index >= 15 is 0 Å². The van der Waals surface area contributed by atoms with Crippen LogP contribution < -0.4 is 5.32 Å². The summed E-state index contributed by atoms with van der Waals surface area (Å²) in [6.45, 7) is 3.63. The van der Waals surface area contributed by atoms with E-state index in [4.69, 9.17) is 10.2 Å². The maximum Gasteiger partial charge on any atom is 0.117 e. The lowest BCUT2D eigenvalue weighted by atomic mass is 9.95. The smallest absolute Gasteiger partial charge is 0.117 e. The zero-order valence-corrected chi connectivity index (χ0v) is 16.1. The third kappa shape index (κ3) is 4.45. The van der Waals surface area contributed by atoms with Crippen LogP contribution in [-0.4, -0.2) is 21.0 Å². The number of hydrogen-bond donors (Lipinski definition) is 1. The minimum absolute atomic E-state index is 0.615. The van der Waals surface area contributed by atoms with Gasteiger partial charge in [0, 0.05) is 18.2 Å². The molecule has 0 bridgehead atoms. The highest BCUT2D eigenvalue weighted by Gasteiger charge is 2.17. The Kier molecular flexibility index (Phi) is 5.64. The van der Waals surface area contributed by atoms with E-state index in [1.54, 1.807) is 0 Å². The van der Waals surface area contributed by atoms with Crippen molar-refractivity contribution in [1.82, 2.24) is 20.3 Å². The van der Waals surface area contributed by atoms with E-state index in [-0.39, 0.29) is 0 Å². The van der Waals surface area contributed by atoms with Crippen LogP contribution >= 0.6 is 0 Å². The predicted octanol–water partition coefficient (Wildman–Crippen LogP) is 4.72. The topological polar surface area (TPSA) is 42.7 Å². The molecule has 1 heterocycles. The molecule has 0 atom stereocenters. The summed E-state index contributed by atoms with van der Waals surface area (Å²) in [5.74, 6) is 0. The molecule has 0 aliphatic heterocycles. The first kappa shape index (κ1) is 17.9. The molecular weight excluding hydrogens is 332 g/mol. The molecule has 1 aliphatic carbocycles. The van der Waals surface area contributed by atoms with Gasteiger partial charge in [-0.2, -0.15) is 15.0 Å². The van der Waals surface area contributed by atoms with Crippen molar-refractivity contribution in [3.63, 3.8) is 0 Å². The fourth-order valence-electron chi connectivity index (χ4n) is 3.88. The molecule has 140 valence electrons. The second-order valence-electron chi connectivity index (χ2n) is 7.53. The summed E-state index contributed by atoms with van der Waals surface area (Å²) in [5, 5.41) is 13.4. The van der Waals surface area contributed by atoms with Gasteiger partial charge >= 0.3 is 0 Å². The first-order valence-electron chi connectivity index (χ1n) is 10.1. The third-order valence-electron chi connectivity index (χ3n) is 5.51. The Hall–Kier alpha value is -2.46. The van der Waals surface area contributed by atoms with Gasteiger partial charge in [-0.25, -0.2) is 0 Å². The number of aromatic nitrogens is 3. The molecule has 1 aliphatic rings. The van der Waals surface area contributed by atoms with Crippen molar-refractivity contribution in [2.24, 2.45) is 0 Å². The molecule has 0 spiro atoms. The zero-order chi connectivity index (χ0) is 18.5. The molecule has 4 nitrogen and oxygen atoms in total. The second-order valence-corrected chi connectivity index (χ2v) is 7.53. The largest absolute Gasteiger partial charge is 0.308 e. The summed E-state index contributed by atoms with van der Waals surface area (Å²) in [6, 6.07) is 19.5. The Morgan fingerprint density at radius 1 is 0.926 bits per heavy atom. The fraction of sp³-hybridized carbons (Fsp3) is 0.391. The van der Waals surface area contributed by atoms with Gasteiger partial charge in [0.05, 0.1) is 6.54 Å². The molecule has 0 unspecified atom stereocenters.